The van der Waals surface area contributed by atoms with Gasteiger partial charge in [0, 0.05) is 5.92 Å². The van der Waals surface area contributed by atoms with Gasteiger partial charge in [-0.15, -0.1) is 0 Å². The van der Waals surface area contributed by atoms with Crippen LogP contribution in [0.5, 0.6) is 0 Å². The van der Waals surface area contributed by atoms with Crippen LogP contribution in [-0.2, 0) is 10.1 Å². The molecule has 0 bridgehead atoms. The highest BCUT2D eigenvalue weighted by Gasteiger charge is 2.20. The lowest BCUT2D eigenvalue weighted by Crippen LogP contribution is -2.00. The average Bonchev–Trinajstić information content (AvgIpc) is 2.41. The SMILES string of the molecule is CC1=Cc2ccc(S(=O)(=O)O)cc2C1C. The minimum Gasteiger partial charge on any atom is -0.282 e. The minimum absolute atomic E-state index is 0.0313. The Morgan fingerprint density at radius 3 is 2.60 bits per heavy atom. The van der Waals surface area contributed by atoms with Crippen molar-refractivity contribution in [2.45, 2.75) is 24.7 Å². The first-order valence-electron chi connectivity index (χ1n) is 4.69. The van der Waals surface area contributed by atoms with Crippen molar-refractivity contribution in [3.63, 3.8) is 0 Å². The Morgan fingerprint density at radius 1 is 1.33 bits per heavy atom. The van der Waals surface area contributed by atoms with Crippen LogP contribution in [0, 0.1) is 0 Å². The highest BCUT2D eigenvalue weighted by Crippen LogP contribution is 2.36. The molecule has 1 aliphatic rings. The number of hydrogen-bond acceptors (Lipinski definition) is 2. The maximum absolute atomic E-state index is 11.0. The van der Waals surface area contributed by atoms with Crippen molar-refractivity contribution in [2.24, 2.45) is 0 Å². The standard InChI is InChI=1S/C11H12O3S/c1-7-5-9-3-4-10(15(12,13)14)6-11(9)8(7)2/h3-6,8H,1-2H3,(H,12,13,14). The van der Waals surface area contributed by atoms with E-state index >= 15 is 0 Å². The maximum atomic E-state index is 11.0. The predicted molar refractivity (Wildman–Crippen MR) is 58.3 cm³/mol. The summed E-state index contributed by atoms with van der Waals surface area (Å²) in [6.45, 7) is 4.03. The highest BCUT2D eigenvalue weighted by molar-refractivity contribution is 7.85. The van der Waals surface area contributed by atoms with Gasteiger partial charge in [-0.3, -0.25) is 4.55 Å². The Morgan fingerprint density at radius 2 is 2.00 bits per heavy atom. The molecular weight excluding hydrogens is 212 g/mol. The lowest BCUT2D eigenvalue weighted by atomic mass is 9.99. The van der Waals surface area contributed by atoms with Gasteiger partial charge in [-0.05, 0) is 30.2 Å². The van der Waals surface area contributed by atoms with Crippen molar-refractivity contribution in [3.05, 3.63) is 34.9 Å². The fraction of sp³-hybridized carbons (Fsp3) is 0.273. The molecule has 1 unspecified atom stereocenters. The summed E-state index contributed by atoms with van der Waals surface area (Å²) in [6, 6.07) is 4.70. The van der Waals surface area contributed by atoms with E-state index in [2.05, 4.69) is 0 Å². The molecular formula is C11H12O3S. The van der Waals surface area contributed by atoms with Crippen LogP contribution in [0.3, 0.4) is 0 Å². The normalized spacial score (nSPS) is 19.9. The first-order valence-corrected chi connectivity index (χ1v) is 6.13. The molecule has 0 saturated heterocycles. The Balaban J connectivity index is 2.58. The van der Waals surface area contributed by atoms with Gasteiger partial charge < -0.3 is 0 Å². The van der Waals surface area contributed by atoms with Gasteiger partial charge in [0.1, 0.15) is 0 Å². The first kappa shape index (κ1) is 10.4. The summed E-state index contributed by atoms with van der Waals surface area (Å²) in [5.74, 6) is 0.224. The number of fused-ring (bicyclic) bond motifs is 1. The molecule has 1 atom stereocenters. The zero-order valence-corrected chi connectivity index (χ0v) is 9.38. The Labute approximate surface area is 89.2 Å². The predicted octanol–water partition coefficient (Wildman–Crippen LogP) is 2.45. The molecule has 1 N–H and O–H groups in total. The Hall–Kier alpha value is -1.13. The maximum Gasteiger partial charge on any atom is 0.294 e. The van der Waals surface area contributed by atoms with E-state index in [0.717, 1.165) is 11.1 Å². The molecule has 0 fully saturated rings. The van der Waals surface area contributed by atoms with Crippen molar-refractivity contribution in [3.8, 4) is 0 Å². The molecule has 0 aliphatic heterocycles. The third-order valence-corrected chi connectivity index (χ3v) is 3.74. The van der Waals surface area contributed by atoms with Crippen molar-refractivity contribution < 1.29 is 13.0 Å². The molecule has 1 aromatic carbocycles. The van der Waals surface area contributed by atoms with E-state index < -0.39 is 10.1 Å². The van der Waals surface area contributed by atoms with E-state index in [1.807, 2.05) is 19.9 Å². The molecule has 2 rings (SSSR count). The van der Waals surface area contributed by atoms with E-state index in [1.54, 1.807) is 12.1 Å². The van der Waals surface area contributed by atoms with Crippen LogP contribution >= 0.6 is 0 Å². The van der Waals surface area contributed by atoms with Crippen LogP contribution in [0.15, 0.2) is 28.7 Å². The number of benzene rings is 1. The summed E-state index contributed by atoms with van der Waals surface area (Å²) in [5.41, 5.74) is 3.20. The van der Waals surface area contributed by atoms with Gasteiger partial charge in [0.05, 0.1) is 4.90 Å². The van der Waals surface area contributed by atoms with Crippen molar-refractivity contribution in [1.82, 2.24) is 0 Å². The molecule has 0 amide bonds. The topological polar surface area (TPSA) is 54.4 Å². The van der Waals surface area contributed by atoms with Crippen LogP contribution in [0.1, 0.15) is 30.9 Å². The van der Waals surface area contributed by atoms with Gasteiger partial charge in [0.2, 0.25) is 0 Å². The monoisotopic (exact) mass is 224 g/mol. The lowest BCUT2D eigenvalue weighted by Gasteiger charge is -2.08. The molecule has 0 heterocycles. The number of hydrogen-bond donors (Lipinski definition) is 1. The van der Waals surface area contributed by atoms with Crippen molar-refractivity contribution in [1.29, 1.82) is 0 Å². The van der Waals surface area contributed by atoms with Crippen LogP contribution in [0.25, 0.3) is 6.08 Å². The summed E-state index contributed by atoms with van der Waals surface area (Å²) >= 11 is 0. The average molecular weight is 224 g/mol. The quantitative estimate of drug-likeness (QED) is 0.745. The van der Waals surface area contributed by atoms with Gasteiger partial charge >= 0.3 is 0 Å². The minimum atomic E-state index is -4.09. The van der Waals surface area contributed by atoms with Gasteiger partial charge in [0.15, 0.2) is 0 Å². The van der Waals surface area contributed by atoms with Crippen LogP contribution in [0.4, 0.5) is 0 Å². The van der Waals surface area contributed by atoms with Gasteiger partial charge in [-0.25, -0.2) is 0 Å². The molecule has 3 nitrogen and oxygen atoms in total. The zero-order chi connectivity index (χ0) is 11.2. The fourth-order valence-corrected chi connectivity index (χ4v) is 2.35. The van der Waals surface area contributed by atoms with E-state index in [-0.39, 0.29) is 10.8 Å². The summed E-state index contributed by atoms with van der Waals surface area (Å²) in [7, 11) is -4.09. The number of rotatable bonds is 1. The summed E-state index contributed by atoms with van der Waals surface area (Å²) in [6.07, 6.45) is 2.04. The third-order valence-electron chi connectivity index (χ3n) is 2.89. The molecule has 0 spiro atoms. The summed E-state index contributed by atoms with van der Waals surface area (Å²) < 4.78 is 30.8. The molecule has 0 aromatic heterocycles. The van der Waals surface area contributed by atoms with Crippen LogP contribution < -0.4 is 0 Å². The Bertz CT molecular complexity index is 541. The van der Waals surface area contributed by atoms with E-state index in [1.165, 1.54) is 11.6 Å². The number of allylic oxidation sites excluding steroid dienone is 1. The molecule has 4 heteroatoms. The molecule has 0 radical (unpaired) electrons. The smallest absolute Gasteiger partial charge is 0.282 e. The second-order valence-corrected chi connectivity index (χ2v) is 5.30. The van der Waals surface area contributed by atoms with E-state index in [4.69, 9.17) is 4.55 Å². The van der Waals surface area contributed by atoms with E-state index in [9.17, 15) is 8.42 Å². The molecule has 1 aromatic rings. The second-order valence-electron chi connectivity index (χ2n) is 3.88. The third kappa shape index (κ3) is 1.70. The summed E-state index contributed by atoms with van der Waals surface area (Å²) in [5, 5.41) is 0. The van der Waals surface area contributed by atoms with Crippen LogP contribution in [-0.4, -0.2) is 13.0 Å². The first-order chi connectivity index (χ1) is 6.89. The van der Waals surface area contributed by atoms with Gasteiger partial charge in [-0.1, -0.05) is 24.6 Å². The lowest BCUT2D eigenvalue weighted by molar-refractivity contribution is 0.483. The van der Waals surface area contributed by atoms with Crippen molar-refractivity contribution >= 4 is 16.2 Å². The van der Waals surface area contributed by atoms with Crippen molar-refractivity contribution in [2.75, 3.05) is 0 Å². The van der Waals surface area contributed by atoms with Crippen LogP contribution in [0.2, 0.25) is 0 Å². The molecule has 1 aliphatic carbocycles. The zero-order valence-electron chi connectivity index (χ0n) is 8.56. The Kier molecular flexibility index (Phi) is 2.20. The largest absolute Gasteiger partial charge is 0.294 e. The van der Waals surface area contributed by atoms with Gasteiger partial charge in [0.25, 0.3) is 10.1 Å². The molecule has 0 saturated carbocycles. The molecule has 80 valence electrons. The summed E-state index contributed by atoms with van der Waals surface area (Å²) in [4.78, 5) is -0.0313. The molecule has 15 heavy (non-hydrogen) atoms. The van der Waals surface area contributed by atoms with Gasteiger partial charge in [-0.2, -0.15) is 8.42 Å². The van der Waals surface area contributed by atoms with E-state index in [0.29, 0.717) is 0 Å². The fourth-order valence-electron chi connectivity index (χ4n) is 1.84. The second kappa shape index (κ2) is 3.18. The highest BCUT2D eigenvalue weighted by atomic mass is 32.2.